The molecule has 2 atom stereocenters. The van der Waals surface area contributed by atoms with Crippen LogP contribution in [0.15, 0.2) is 40.9 Å². The Morgan fingerprint density at radius 1 is 1.12 bits per heavy atom. The van der Waals surface area contributed by atoms with E-state index in [4.69, 9.17) is 4.99 Å². The molecule has 0 N–H and O–H groups in total. The molecular formula is C22H30N2. The highest BCUT2D eigenvalue weighted by molar-refractivity contribution is 5.83. The fraction of sp³-hybridized carbons (Fsp3) is 0.500. The van der Waals surface area contributed by atoms with Gasteiger partial charge in [-0.3, -0.25) is 4.99 Å². The minimum atomic E-state index is 0.545. The van der Waals surface area contributed by atoms with Crippen molar-refractivity contribution >= 4 is 18.0 Å². The molecule has 0 spiro atoms. The van der Waals surface area contributed by atoms with Crippen LogP contribution in [-0.4, -0.2) is 31.4 Å². The largest absolute Gasteiger partial charge is 0.366 e. The fourth-order valence-corrected chi connectivity index (χ4v) is 3.87. The topological polar surface area (TPSA) is 15.6 Å². The van der Waals surface area contributed by atoms with Crippen molar-refractivity contribution in [2.75, 3.05) is 20.6 Å². The first-order valence-corrected chi connectivity index (χ1v) is 9.24. The number of rotatable bonds is 2. The molecule has 1 aliphatic carbocycles. The number of aliphatic imine (C=N–C) groups is 1. The molecule has 2 nitrogen and oxygen atoms in total. The van der Waals surface area contributed by atoms with Crippen molar-refractivity contribution in [1.82, 2.24) is 4.90 Å². The molecule has 1 aromatic rings. The highest BCUT2D eigenvalue weighted by Gasteiger charge is 2.24. The average molecular weight is 322 g/mol. The predicted octanol–water partition coefficient (Wildman–Crippen LogP) is 3.36. The maximum atomic E-state index is 4.87. The predicted molar refractivity (Wildman–Crippen MR) is 104 cm³/mol. The Labute approximate surface area is 146 Å². The summed E-state index contributed by atoms with van der Waals surface area (Å²) < 4.78 is 0. The summed E-state index contributed by atoms with van der Waals surface area (Å²) in [5.74, 6) is 2.61. The van der Waals surface area contributed by atoms with Crippen molar-refractivity contribution in [3.05, 3.63) is 46.4 Å². The molecule has 0 aromatic heterocycles. The maximum absolute atomic E-state index is 4.87. The molecule has 1 heterocycles. The molecule has 0 bridgehead atoms. The van der Waals surface area contributed by atoms with Crippen LogP contribution in [0.5, 0.6) is 0 Å². The summed E-state index contributed by atoms with van der Waals surface area (Å²) in [7, 11) is 4.20. The molecule has 3 rings (SSSR count). The lowest BCUT2D eigenvalue weighted by Gasteiger charge is -2.30. The third-order valence-electron chi connectivity index (χ3n) is 5.42. The van der Waals surface area contributed by atoms with Crippen molar-refractivity contribution in [2.24, 2.45) is 16.8 Å². The molecule has 2 aliphatic rings. The van der Waals surface area contributed by atoms with Gasteiger partial charge in [0.1, 0.15) is 0 Å². The van der Waals surface area contributed by atoms with E-state index in [2.05, 4.69) is 62.8 Å². The van der Waals surface area contributed by atoms with Crippen molar-refractivity contribution in [3.8, 4) is 0 Å². The molecule has 0 saturated heterocycles. The molecule has 0 fully saturated rings. The van der Waals surface area contributed by atoms with Crippen LogP contribution in [-0.2, 0) is 0 Å². The summed E-state index contributed by atoms with van der Waals surface area (Å²) in [5, 5.41) is 2.46. The number of allylic oxidation sites excluding steroid dienone is 2. The molecule has 1 aliphatic heterocycles. The van der Waals surface area contributed by atoms with Gasteiger partial charge in [-0.25, -0.2) is 0 Å². The van der Waals surface area contributed by atoms with Gasteiger partial charge in [0.25, 0.3) is 0 Å². The van der Waals surface area contributed by atoms with Gasteiger partial charge in [-0.2, -0.15) is 0 Å². The van der Waals surface area contributed by atoms with Crippen molar-refractivity contribution in [3.63, 3.8) is 0 Å². The van der Waals surface area contributed by atoms with E-state index in [1.807, 2.05) is 0 Å². The first-order chi connectivity index (χ1) is 11.5. The normalized spacial score (nSPS) is 24.1. The van der Waals surface area contributed by atoms with Crippen LogP contribution in [0.4, 0.5) is 0 Å². The van der Waals surface area contributed by atoms with Crippen LogP contribution in [0.1, 0.15) is 39.0 Å². The third-order valence-corrected chi connectivity index (χ3v) is 5.42. The second-order valence-electron chi connectivity index (χ2n) is 7.61. The molecule has 1 unspecified atom stereocenters. The monoisotopic (exact) mass is 322 g/mol. The van der Waals surface area contributed by atoms with Gasteiger partial charge in [0.2, 0.25) is 0 Å². The van der Waals surface area contributed by atoms with Gasteiger partial charge in [0.15, 0.2) is 0 Å². The lowest BCUT2D eigenvalue weighted by atomic mass is 9.79. The van der Waals surface area contributed by atoms with Crippen LogP contribution < -0.4 is 10.4 Å². The fourth-order valence-electron chi connectivity index (χ4n) is 3.87. The molecule has 1 aromatic carbocycles. The zero-order valence-electron chi connectivity index (χ0n) is 15.4. The standard InChI is InChI=1S/C22H30N2/c1-16-5-9-18(10-6-16)22(19-11-7-17(2)8-12-19)20-13-14-21(23-15-20)24(3)4/h5-6,9-11,17,20H,1,7-8,12-15H2,2-4H3/t17?,20-/m0/s1. The van der Waals surface area contributed by atoms with E-state index in [1.54, 1.807) is 11.1 Å². The maximum Gasteiger partial charge on any atom is 0.0984 e. The van der Waals surface area contributed by atoms with Crippen LogP contribution in [0.3, 0.4) is 0 Å². The second kappa shape index (κ2) is 7.38. The number of nitrogens with zero attached hydrogens (tertiary/aromatic N) is 2. The minimum absolute atomic E-state index is 0.545. The van der Waals surface area contributed by atoms with E-state index < -0.39 is 0 Å². The molecule has 24 heavy (non-hydrogen) atoms. The summed E-state index contributed by atoms with van der Waals surface area (Å²) in [6.07, 6.45) is 8.51. The average Bonchev–Trinajstić information content (AvgIpc) is 2.59. The number of hydrogen-bond donors (Lipinski definition) is 0. The first-order valence-electron chi connectivity index (χ1n) is 9.24. The molecule has 0 amide bonds. The number of benzene rings is 1. The van der Waals surface area contributed by atoms with Crippen LogP contribution in [0.2, 0.25) is 0 Å². The zero-order valence-corrected chi connectivity index (χ0v) is 15.4. The molecule has 0 radical (unpaired) electrons. The van der Waals surface area contributed by atoms with Crippen LogP contribution in [0.25, 0.3) is 12.2 Å². The van der Waals surface area contributed by atoms with E-state index in [-0.39, 0.29) is 0 Å². The van der Waals surface area contributed by atoms with E-state index in [0.717, 1.165) is 24.1 Å². The van der Waals surface area contributed by atoms with Gasteiger partial charge in [0, 0.05) is 33.0 Å². The Morgan fingerprint density at radius 2 is 1.88 bits per heavy atom. The quantitative estimate of drug-likeness (QED) is 0.815. The van der Waals surface area contributed by atoms with Gasteiger partial charge in [-0.05, 0) is 53.2 Å². The van der Waals surface area contributed by atoms with Crippen molar-refractivity contribution in [1.29, 1.82) is 0 Å². The van der Waals surface area contributed by atoms with E-state index >= 15 is 0 Å². The van der Waals surface area contributed by atoms with Crippen molar-refractivity contribution in [2.45, 2.75) is 39.0 Å². The molecule has 0 saturated carbocycles. The van der Waals surface area contributed by atoms with Gasteiger partial charge >= 0.3 is 0 Å². The third kappa shape index (κ3) is 3.80. The molecular weight excluding hydrogens is 292 g/mol. The SMILES string of the molecule is C=c1ccc(=C(C2=CCC(C)CC2)[C@H]2CCC(N(C)C)=NC2)cc1. The summed E-state index contributed by atoms with van der Waals surface area (Å²) in [4.78, 5) is 7.03. The highest BCUT2D eigenvalue weighted by Crippen LogP contribution is 2.34. The Morgan fingerprint density at radius 3 is 2.42 bits per heavy atom. The van der Waals surface area contributed by atoms with Gasteiger partial charge in [0.05, 0.1) is 5.84 Å². The molecule has 128 valence electrons. The van der Waals surface area contributed by atoms with Crippen LogP contribution in [0, 0.1) is 11.8 Å². The van der Waals surface area contributed by atoms with E-state index in [9.17, 15) is 0 Å². The van der Waals surface area contributed by atoms with Crippen LogP contribution >= 0.6 is 0 Å². The second-order valence-corrected chi connectivity index (χ2v) is 7.61. The number of hydrogen-bond acceptors (Lipinski definition) is 2. The van der Waals surface area contributed by atoms with Gasteiger partial charge < -0.3 is 4.90 Å². The smallest absolute Gasteiger partial charge is 0.0984 e. The minimum Gasteiger partial charge on any atom is -0.366 e. The molecule has 2 heteroatoms. The van der Waals surface area contributed by atoms with E-state index in [0.29, 0.717) is 5.92 Å². The van der Waals surface area contributed by atoms with Gasteiger partial charge in [-0.1, -0.05) is 43.8 Å². The summed E-state index contributed by atoms with van der Waals surface area (Å²) >= 11 is 0. The Hall–Kier alpha value is -1.83. The summed E-state index contributed by atoms with van der Waals surface area (Å²) in [5.41, 5.74) is 3.11. The first kappa shape index (κ1) is 17.0. The highest BCUT2D eigenvalue weighted by atomic mass is 15.1. The Kier molecular flexibility index (Phi) is 5.23. The van der Waals surface area contributed by atoms with E-state index in [1.165, 1.54) is 36.7 Å². The summed E-state index contributed by atoms with van der Waals surface area (Å²) in [6, 6.07) is 8.78. The Balaban J connectivity index is 2.00. The lowest BCUT2D eigenvalue weighted by Crippen LogP contribution is -2.30. The van der Waals surface area contributed by atoms with Gasteiger partial charge in [-0.15, -0.1) is 0 Å². The lowest BCUT2D eigenvalue weighted by molar-refractivity contribution is 0.505. The van der Waals surface area contributed by atoms with Crippen molar-refractivity contribution < 1.29 is 0 Å². The Bertz CT molecular complexity index is 731. The zero-order chi connectivity index (χ0) is 17.1. The summed E-state index contributed by atoms with van der Waals surface area (Å²) in [6.45, 7) is 7.31. The number of amidine groups is 1.